The number of methoxy groups -OCH3 is 1. The van der Waals surface area contributed by atoms with Crippen molar-refractivity contribution in [2.24, 2.45) is 5.10 Å². The van der Waals surface area contributed by atoms with Crippen molar-refractivity contribution in [1.29, 1.82) is 0 Å². The summed E-state index contributed by atoms with van der Waals surface area (Å²) in [5.74, 6) is 0.206. The van der Waals surface area contributed by atoms with Gasteiger partial charge in [0.2, 0.25) is 0 Å². The second kappa shape index (κ2) is 8.71. The van der Waals surface area contributed by atoms with E-state index in [0.29, 0.717) is 11.3 Å². The largest absolute Gasteiger partial charge is 0.496 e. The van der Waals surface area contributed by atoms with Crippen molar-refractivity contribution in [3.8, 4) is 11.4 Å². The van der Waals surface area contributed by atoms with Crippen LogP contribution in [0.4, 0.5) is 0 Å². The zero-order chi connectivity index (χ0) is 22.8. The van der Waals surface area contributed by atoms with Crippen LogP contribution in [0.2, 0.25) is 0 Å². The van der Waals surface area contributed by atoms with E-state index in [-0.39, 0.29) is 5.91 Å². The van der Waals surface area contributed by atoms with Gasteiger partial charge < -0.3 is 9.30 Å². The van der Waals surface area contributed by atoms with Gasteiger partial charge in [0.25, 0.3) is 5.91 Å². The van der Waals surface area contributed by atoms with Crippen molar-refractivity contribution >= 4 is 22.9 Å². The number of benzene rings is 3. The minimum absolute atomic E-state index is 0.313. The predicted molar refractivity (Wildman–Crippen MR) is 130 cm³/mol. The summed E-state index contributed by atoms with van der Waals surface area (Å²) in [6.45, 7) is 8.38. The normalized spacial score (nSPS) is 11.3. The molecule has 3 aromatic carbocycles. The number of carbonyl (C=O) groups is 1. The molecular weight excluding hydrogens is 398 g/mol. The van der Waals surface area contributed by atoms with Gasteiger partial charge in [-0.25, -0.2) is 5.43 Å². The Labute approximate surface area is 188 Å². The summed E-state index contributed by atoms with van der Waals surface area (Å²) >= 11 is 0. The summed E-state index contributed by atoms with van der Waals surface area (Å²) < 4.78 is 7.67. The molecule has 1 amide bonds. The molecule has 0 spiro atoms. The third kappa shape index (κ3) is 3.89. The van der Waals surface area contributed by atoms with Crippen molar-refractivity contribution in [1.82, 2.24) is 9.99 Å². The first-order chi connectivity index (χ1) is 15.4. The van der Waals surface area contributed by atoms with Gasteiger partial charge in [-0.3, -0.25) is 4.79 Å². The molecule has 0 aliphatic carbocycles. The van der Waals surface area contributed by atoms with E-state index in [1.54, 1.807) is 13.3 Å². The van der Waals surface area contributed by atoms with Crippen LogP contribution in [0.3, 0.4) is 0 Å². The SMILES string of the molecule is COc1cc2ccccc2cc1C(=O)NN=Cc1cc(C)n(-c2c(C)cccc2C)c1C. The summed E-state index contributed by atoms with van der Waals surface area (Å²) in [4.78, 5) is 12.8. The van der Waals surface area contributed by atoms with Gasteiger partial charge in [0.1, 0.15) is 5.75 Å². The van der Waals surface area contributed by atoms with E-state index in [4.69, 9.17) is 4.74 Å². The summed E-state index contributed by atoms with van der Waals surface area (Å²) in [7, 11) is 1.56. The minimum atomic E-state index is -0.313. The Kier molecular flexibility index (Phi) is 5.82. The third-order valence-electron chi connectivity index (χ3n) is 5.82. The molecule has 162 valence electrons. The van der Waals surface area contributed by atoms with Gasteiger partial charge in [0.05, 0.1) is 24.6 Å². The van der Waals surface area contributed by atoms with E-state index >= 15 is 0 Å². The molecule has 1 aromatic heterocycles. The fraction of sp³-hybridized carbons (Fsp3) is 0.185. The van der Waals surface area contributed by atoms with Crippen LogP contribution < -0.4 is 10.2 Å². The van der Waals surface area contributed by atoms with Crippen LogP contribution >= 0.6 is 0 Å². The van der Waals surface area contributed by atoms with Crippen molar-refractivity contribution in [2.75, 3.05) is 7.11 Å². The fourth-order valence-electron chi connectivity index (χ4n) is 4.21. The van der Waals surface area contributed by atoms with E-state index in [1.165, 1.54) is 16.8 Å². The van der Waals surface area contributed by atoms with Crippen molar-refractivity contribution in [3.63, 3.8) is 0 Å². The quantitative estimate of drug-likeness (QED) is 0.332. The number of aryl methyl sites for hydroxylation is 3. The second-order valence-electron chi connectivity index (χ2n) is 8.00. The molecule has 5 heteroatoms. The van der Waals surface area contributed by atoms with Crippen LogP contribution in [0.25, 0.3) is 16.5 Å². The van der Waals surface area contributed by atoms with E-state index in [2.05, 4.69) is 67.1 Å². The zero-order valence-electron chi connectivity index (χ0n) is 19.1. The lowest BCUT2D eigenvalue weighted by Crippen LogP contribution is -2.18. The maximum atomic E-state index is 12.8. The highest BCUT2D eigenvalue weighted by Crippen LogP contribution is 2.27. The highest BCUT2D eigenvalue weighted by atomic mass is 16.5. The number of carbonyl (C=O) groups excluding carboxylic acids is 1. The van der Waals surface area contributed by atoms with E-state index in [1.807, 2.05) is 36.4 Å². The average molecular weight is 426 g/mol. The number of hydrogen-bond acceptors (Lipinski definition) is 3. The lowest BCUT2D eigenvalue weighted by Gasteiger charge is -2.15. The molecule has 0 bridgehead atoms. The number of hydrogen-bond donors (Lipinski definition) is 1. The van der Waals surface area contributed by atoms with E-state index < -0.39 is 0 Å². The molecule has 1 heterocycles. The Morgan fingerprint density at radius 3 is 2.25 bits per heavy atom. The smallest absolute Gasteiger partial charge is 0.275 e. The highest BCUT2D eigenvalue weighted by Gasteiger charge is 2.15. The Morgan fingerprint density at radius 1 is 0.938 bits per heavy atom. The van der Waals surface area contributed by atoms with Crippen LogP contribution in [0, 0.1) is 27.7 Å². The molecule has 0 saturated heterocycles. The topological polar surface area (TPSA) is 55.6 Å². The number of nitrogens with zero attached hydrogens (tertiary/aromatic N) is 2. The number of ether oxygens (including phenoxy) is 1. The number of amides is 1. The Hall–Kier alpha value is -3.86. The first kappa shape index (κ1) is 21.4. The molecule has 5 nitrogen and oxygen atoms in total. The lowest BCUT2D eigenvalue weighted by atomic mass is 10.1. The standard InChI is InChI=1S/C27H27N3O2/c1-17-9-8-10-18(2)26(17)30-19(3)13-23(20(30)4)16-28-29-27(31)24-14-21-11-6-7-12-22(21)15-25(24)32-5/h6-16H,1-5H3,(H,29,31). The second-order valence-corrected chi connectivity index (χ2v) is 8.00. The number of nitrogens with one attached hydrogen (secondary N) is 1. The molecule has 0 aliphatic rings. The first-order valence-electron chi connectivity index (χ1n) is 10.6. The van der Waals surface area contributed by atoms with Crippen LogP contribution in [0.5, 0.6) is 5.75 Å². The first-order valence-corrected chi connectivity index (χ1v) is 10.6. The number of rotatable bonds is 5. The molecule has 0 radical (unpaired) electrons. The monoisotopic (exact) mass is 425 g/mol. The Balaban J connectivity index is 1.60. The van der Waals surface area contributed by atoms with Crippen molar-refractivity contribution < 1.29 is 9.53 Å². The summed E-state index contributed by atoms with van der Waals surface area (Å²) in [5, 5.41) is 6.22. The molecule has 0 atom stereocenters. The molecule has 0 fully saturated rings. The lowest BCUT2D eigenvalue weighted by molar-refractivity contribution is 0.0952. The maximum Gasteiger partial charge on any atom is 0.275 e. The van der Waals surface area contributed by atoms with Gasteiger partial charge >= 0.3 is 0 Å². The van der Waals surface area contributed by atoms with Gasteiger partial charge in [-0.2, -0.15) is 5.10 Å². The van der Waals surface area contributed by atoms with Crippen LogP contribution in [0.15, 0.2) is 65.8 Å². The molecule has 4 aromatic rings. The molecular formula is C27H27N3O2. The Bertz CT molecular complexity index is 1330. The van der Waals surface area contributed by atoms with E-state index in [0.717, 1.165) is 27.7 Å². The summed E-state index contributed by atoms with van der Waals surface area (Å²) in [6, 6.07) is 19.9. The van der Waals surface area contributed by atoms with Gasteiger partial charge in [-0.15, -0.1) is 0 Å². The molecule has 0 unspecified atom stereocenters. The summed E-state index contributed by atoms with van der Waals surface area (Å²) in [6.07, 6.45) is 1.69. The molecule has 32 heavy (non-hydrogen) atoms. The van der Waals surface area contributed by atoms with Crippen LogP contribution in [-0.4, -0.2) is 23.8 Å². The van der Waals surface area contributed by atoms with Gasteiger partial charge in [0, 0.05) is 17.0 Å². The van der Waals surface area contributed by atoms with E-state index in [9.17, 15) is 4.79 Å². The van der Waals surface area contributed by atoms with Crippen LogP contribution in [0.1, 0.15) is 38.4 Å². The summed E-state index contributed by atoms with van der Waals surface area (Å²) in [5.41, 5.74) is 9.85. The average Bonchev–Trinajstić information content (AvgIpc) is 3.06. The van der Waals surface area contributed by atoms with Crippen molar-refractivity contribution in [3.05, 3.63) is 94.3 Å². The number of para-hydroxylation sites is 1. The van der Waals surface area contributed by atoms with Crippen LogP contribution in [-0.2, 0) is 0 Å². The zero-order valence-corrected chi connectivity index (χ0v) is 19.1. The maximum absolute atomic E-state index is 12.8. The highest BCUT2D eigenvalue weighted by molar-refractivity contribution is 6.02. The van der Waals surface area contributed by atoms with Gasteiger partial charge in [-0.05, 0) is 67.8 Å². The molecule has 1 N–H and O–H groups in total. The number of fused-ring (bicyclic) bond motifs is 1. The minimum Gasteiger partial charge on any atom is -0.496 e. The fourth-order valence-corrected chi connectivity index (χ4v) is 4.21. The van der Waals surface area contributed by atoms with Gasteiger partial charge in [0.15, 0.2) is 0 Å². The number of aromatic nitrogens is 1. The Morgan fingerprint density at radius 2 is 1.59 bits per heavy atom. The number of hydrazone groups is 1. The molecule has 0 aliphatic heterocycles. The van der Waals surface area contributed by atoms with Gasteiger partial charge in [-0.1, -0.05) is 42.5 Å². The molecule has 0 saturated carbocycles. The van der Waals surface area contributed by atoms with Crippen molar-refractivity contribution in [2.45, 2.75) is 27.7 Å². The third-order valence-corrected chi connectivity index (χ3v) is 5.82. The molecule has 4 rings (SSSR count). The predicted octanol–water partition coefficient (Wildman–Crippen LogP) is 5.64.